The fourth-order valence-corrected chi connectivity index (χ4v) is 1.89. The Morgan fingerprint density at radius 3 is 2.82 bits per heavy atom. The van der Waals surface area contributed by atoms with Crippen molar-refractivity contribution in [3.05, 3.63) is 46.2 Å². The molecule has 94 valence electrons. The lowest BCUT2D eigenvalue weighted by Crippen LogP contribution is -2.23. The highest BCUT2D eigenvalue weighted by Gasteiger charge is 2.00. The van der Waals surface area contributed by atoms with Gasteiger partial charge >= 0.3 is 0 Å². The lowest BCUT2D eigenvalue weighted by Gasteiger charge is -2.05. The third-order valence-corrected chi connectivity index (χ3v) is 2.87. The highest BCUT2D eigenvalue weighted by molar-refractivity contribution is 9.10. The van der Waals surface area contributed by atoms with Crippen molar-refractivity contribution in [1.82, 2.24) is 5.32 Å². The second-order valence-electron chi connectivity index (χ2n) is 4.31. The Morgan fingerprint density at radius 1 is 1.35 bits per heavy atom. The fourth-order valence-electron chi connectivity index (χ4n) is 1.48. The van der Waals surface area contributed by atoms with Crippen LogP contribution in [0.2, 0.25) is 0 Å². The van der Waals surface area contributed by atoms with Gasteiger partial charge in [-0.2, -0.15) is 0 Å². The van der Waals surface area contributed by atoms with Crippen LogP contribution in [0.3, 0.4) is 0 Å². The summed E-state index contributed by atoms with van der Waals surface area (Å²) in [6.07, 6.45) is 5.74. The number of hydrogen-bond donors (Lipinski definition) is 1. The molecule has 0 aliphatic carbocycles. The van der Waals surface area contributed by atoms with Gasteiger partial charge in [0.1, 0.15) is 5.82 Å². The molecular formula is C14H19BrFN. The molecular weight excluding hydrogens is 281 g/mol. The largest absolute Gasteiger partial charge is 0.314 e. The maximum Gasteiger partial charge on any atom is 0.126 e. The molecule has 0 amide bonds. The SMILES string of the molecule is CC(C)NCCC=CCc1cc(Br)ccc1F. The van der Waals surface area contributed by atoms with Crippen LogP contribution in [-0.2, 0) is 6.42 Å². The van der Waals surface area contributed by atoms with Crippen molar-refractivity contribution in [3.63, 3.8) is 0 Å². The molecule has 1 rings (SSSR count). The van der Waals surface area contributed by atoms with Crippen molar-refractivity contribution in [2.24, 2.45) is 0 Å². The average Bonchev–Trinajstić information content (AvgIpc) is 2.27. The van der Waals surface area contributed by atoms with Gasteiger partial charge in [0, 0.05) is 10.5 Å². The summed E-state index contributed by atoms with van der Waals surface area (Å²) in [6.45, 7) is 5.22. The van der Waals surface area contributed by atoms with Gasteiger partial charge in [0.2, 0.25) is 0 Å². The number of allylic oxidation sites excluding steroid dienone is 1. The van der Waals surface area contributed by atoms with Crippen LogP contribution < -0.4 is 5.32 Å². The monoisotopic (exact) mass is 299 g/mol. The molecule has 0 atom stereocenters. The van der Waals surface area contributed by atoms with Gasteiger partial charge < -0.3 is 5.32 Å². The van der Waals surface area contributed by atoms with Crippen molar-refractivity contribution >= 4 is 15.9 Å². The third kappa shape index (κ3) is 5.99. The summed E-state index contributed by atoms with van der Waals surface area (Å²) in [7, 11) is 0. The van der Waals surface area contributed by atoms with Gasteiger partial charge in [-0.15, -0.1) is 0 Å². The Balaban J connectivity index is 2.34. The second kappa shape index (κ2) is 7.62. The minimum absolute atomic E-state index is 0.141. The Labute approximate surface area is 111 Å². The quantitative estimate of drug-likeness (QED) is 0.617. The highest BCUT2D eigenvalue weighted by atomic mass is 79.9. The van der Waals surface area contributed by atoms with E-state index in [1.54, 1.807) is 6.07 Å². The van der Waals surface area contributed by atoms with Crippen LogP contribution in [0.1, 0.15) is 25.8 Å². The summed E-state index contributed by atoms with van der Waals surface area (Å²) in [5.41, 5.74) is 0.729. The molecule has 0 saturated carbocycles. The summed E-state index contributed by atoms with van der Waals surface area (Å²) in [4.78, 5) is 0. The van der Waals surface area contributed by atoms with Gasteiger partial charge in [-0.1, -0.05) is 41.9 Å². The molecule has 0 radical (unpaired) electrons. The first-order chi connectivity index (χ1) is 8.09. The van der Waals surface area contributed by atoms with E-state index >= 15 is 0 Å². The summed E-state index contributed by atoms with van der Waals surface area (Å²) in [6, 6.07) is 5.56. The molecule has 17 heavy (non-hydrogen) atoms. The molecule has 0 saturated heterocycles. The summed E-state index contributed by atoms with van der Waals surface area (Å²) in [5.74, 6) is -0.141. The summed E-state index contributed by atoms with van der Waals surface area (Å²) in [5, 5.41) is 3.33. The number of benzene rings is 1. The van der Waals surface area contributed by atoms with Crippen molar-refractivity contribution < 1.29 is 4.39 Å². The van der Waals surface area contributed by atoms with E-state index in [0.29, 0.717) is 12.5 Å². The van der Waals surface area contributed by atoms with Gasteiger partial charge in [-0.05, 0) is 43.1 Å². The maximum absolute atomic E-state index is 13.4. The molecule has 0 aliphatic heterocycles. The average molecular weight is 300 g/mol. The van der Waals surface area contributed by atoms with Crippen LogP contribution in [0, 0.1) is 5.82 Å². The lowest BCUT2D eigenvalue weighted by molar-refractivity contribution is 0.594. The van der Waals surface area contributed by atoms with Crippen molar-refractivity contribution in [3.8, 4) is 0 Å². The minimum atomic E-state index is -0.141. The predicted octanol–water partition coefficient (Wildman–Crippen LogP) is 4.08. The van der Waals surface area contributed by atoms with Gasteiger partial charge in [0.15, 0.2) is 0 Å². The molecule has 1 nitrogen and oxygen atoms in total. The van der Waals surface area contributed by atoms with Crippen molar-refractivity contribution in [1.29, 1.82) is 0 Å². The van der Waals surface area contributed by atoms with Gasteiger partial charge in [0.25, 0.3) is 0 Å². The van der Waals surface area contributed by atoms with Crippen LogP contribution in [0.4, 0.5) is 4.39 Å². The Kier molecular flexibility index (Phi) is 6.45. The molecule has 1 aromatic rings. The molecule has 1 N–H and O–H groups in total. The Hall–Kier alpha value is -0.670. The van der Waals surface area contributed by atoms with Gasteiger partial charge in [-0.25, -0.2) is 4.39 Å². The zero-order chi connectivity index (χ0) is 12.7. The third-order valence-electron chi connectivity index (χ3n) is 2.38. The summed E-state index contributed by atoms with van der Waals surface area (Å²) >= 11 is 3.35. The van der Waals surface area contributed by atoms with Crippen molar-refractivity contribution in [2.45, 2.75) is 32.7 Å². The van der Waals surface area contributed by atoms with E-state index in [4.69, 9.17) is 0 Å². The molecule has 0 fully saturated rings. The minimum Gasteiger partial charge on any atom is -0.314 e. The second-order valence-corrected chi connectivity index (χ2v) is 5.22. The standard InChI is InChI=1S/C14H19BrFN/c1-11(2)17-9-5-3-4-6-12-10-13(15)7-8-14(12)16/h3-4,7-8,10-11,17H,5-6,9H2,1-2H3. The first-order valence-corrected chi connectivity index (χ1v) is 6.71. The fraction of sp³-hybridized carbons (Fsp3) is 0.429. The predicted molar refractivity (Wildman–Crippen MR) is 74.7 cm³/mol. The van der Waals surface area contributed by atoms with Crippen LogP contribution in [0.15, 0.2) is 34.8 Å². The zero-order valence-corrected chi connectivity index (χ0v) is 11.9. The van der Waals surface area contributed by atoms with Crippen molar-refractivity contribution in [2.75, 3.05) is 6.54 Å². The number of halogens is 2. The van der Waals surface area contributed by atoms with Gasteiger partial charge in [0.05, 0.1) is 0 Å². The van der Waals surface area contributed by atoms with E-state index < -0.39 is 0 Å². The topological polar surface area (TPSA) is 12.0 Å². The molecule has 3 heteroatoms. The highest BCUT2D eigenvalue weighted by Crippen LogP contribution is 2.16. The van der Waals surface area contributed by atoms with Crippen LogP contribution in [-0.4, -0.2) is 12.6 Å². The van der Waals surface area contributed by atoms with E-state index in [9.17, 15) is 4.39 Å². The number of nitrogens with one attached hydrogen (secondary N) is 1. The van der Waals surface area contributed by atoms with E-state index in [-0.39, 0.29) is 5.82 Å². The lowest BCUT2D eigenvalue weighted by atomic mass is 10.1. The molecule has 0 unspecified atom stereocenters. The van der Waals surface area contributed by atoms with Crippen LogP contribution in [0.5, 0.6) is 0 Å². The molecule has 1 aromatic carbocycles. The number of rotatable bonds is 6. The summed E-state index contributed by atoms with van der Waals surface area (Å²) < 4.78 is 14.3. The van der Waals surface area contributed by atoms with Crippen LogP contribution >= 0.6 is 15.9 Å². The smallest absolute Gasteiger partial charge is 0.126 e. The first kappa shape index (κ1) is 14.4. The maximum atomic E-state index is 13.4. The Morgan fingerprint density at radius 2 is 2.12 bits per heavy atom. The van der Waals surface area contributed by atoms with E-state index in [1.165, 1.54) is 6.07 Å². The van der Waals surface area contributed by atoms with Gasteiger partial charge in [-0.3, -0.25) is 0 Å². The van der Waals surface area contributed by atoms with E-state index in [1.807, 2.05) is 12.1 Å². The normalized spacial score (nSPS) is 11.6. The number of hydrogen-bond acceptors (Lipinski definition) is 1. The van der Waals surface area contributed by atoms with E-state index in [0.717, 1.165) is 23.0 Å². The molecule has 0 aromatic heterocycles. The molecule has 0 bridgehead atoms. The van der Waals surface area contributed by atoms with Crippen LogP contribution in [0.25, 0.3) is 0 Å². The molecule has 0 aliphatic rings. The zero-order valence-electron chi connectivity index (χ0n) is 10.3. The first-order valence-electron chi connectivity index (χ1n) is 5.92. The molecule has 0 heterocycles. The van der Waals surface area contributed by atoms with E-state index in [2.05, 4.69) is 41.2 Å². The molecule has 0 spiro atoms. The Bertz CT molecular complexity index is 374.